The maximum absolute atomic E-state index is 6.08. The van der Waals surface area contributed by atoms with E-state index in [2.05, 4.69) is 23.1 Å². The Balaban J connectivity index is 1.61. The van der Waals surface area contributed by atoms with Crippen LogP contribution in [0.5, 0.6) is 5.75 Å². The maximum Gasteiger partial charge on any atom is 0.146 e. The molecular weight excluding hydrogens is 355 g/mol. The van der Waals surface area contributed by atoms with Crippen molar-refractivity contribution in [3.05, 3.63) is 64.1 Å². The average molecular weight is 373 g/mol. The van der Waals surface area contributed by atoms with Crippen LogP contribution >= 0.6 is 23.2 Å². The van der Waals surface area contributed by atoms with Gasteiger partial charge in [0.25, 0.3) is 0 Å². The highest BCUT2D eigenvalue weighted by Gasteiger charge is 2.15. The molecule has 0 aliphatic carbocycles. The summed E-state index contributed by atoms with van der Waals surface area (Å²) >= 11 is 12.0. The van der Waals surface area contributed by atoms with Crippen LogP contribution < -0.4 is 9.64 Å². The Bertz CT molecular complexity index is 907. The number of benzene rings is 2. The average Bonchev–Trinajstić information content (AvgIpc) is 3.17. The SMILES string of the molecule is Clc1ccc(COc2cccc3ccc(N4CCCC4)nc23)cc1Cl. The number of pyridine rings is 1. The summed E-state index contributed by atoms with van der Waals surface area (Å²) in [5.41, 5.74) is 1.87. The molecule has 0 amide bonds. The fraction of sp³-hybridized carbons (Fsp3) is 0.250. The van der Waals surface area contributed by atoms with Gasteiger partial charge in [0.2, 0.25) is 0 Å². The molecule has 128 valence electrons. The summed E-state index contributed by atoms with van der Waals surface area (Å²) in [6, 6.07) is 15.8. The molecule has 0 saturated carbocycles. The fourth-order valence-electron chi connectivity index (χ4n) is 3.14. The van der Waals surface area contributed by atoms with Crippen LogP contribution in [-0.4, -0.2) is 18.1 Å². The summed E-state index contributed by atoms with van der Waals surface area (Å²) in [4.78, 5) is 7.18. The summed E-state index contributed by atoms with van der Waals surface area (Å²) < 4.78 is 6.04. The lowest BCUT2D eigenvalue weighted by Crippen LogP contribution is -2.18. The first-order chi connectivity index (χ1) is 12.2. The van der Waals surface area contributed by atoms with Gasteiger partial charge in [0.1, 0.15) is 23.7 Å². The van der Waals surface area contributed by atoms with Gasteiger partial charge in [-0.3, -0.25) is 0 Å². The summed E-state index contributed by atoms with van der Waals surface area (Å²) in [5, 5.41) is 2.16. The summed E-state index contributed by atoms with van der Waals surface area (Å²) in [5.74, 6) is 1.81. The largest absolute Gasteiger partial charge is 0.487 e. The van der Waals surface area contributed by atoms with Gasteiger partial charge in [-0.1, -0.05) is 41.4 Å². The van der Waals surface area contributed by atoms with Gasteiger partial charge >= 0.3 is 0 Å². The number of hydrogen-bond acceptors (Lipinski definition) is 3. The van der Waals surface area contributed by atoms with E-state index < -0.39 is 0 Å². The Morgan fingerprint density at radius 3 is 2.60 bits per heavy atom. The van der Waals surface area contributed by atoms with Crippen molar-refractivity contribution in [2.45, 2.75) is 19.4 Å². The molecule has 1 aliphatic heterocycles. The van der Waals surface area contributed by atoms with Crippen molar-refractivity contribution in [3.8, 4) is 5.75 Å². The normalized spacial score (nSPS) is 14.2. The van der Waals surface area contributed by atoms with Gasteiger partial charge in [-0.05, 0) is 48.7 Å². The predicted octanol–water partition coefficient (Wildman–Crippen LogP) is 5.72. The maximum atomic E-state index is 6.08. The molecule has 2 aromatic carbocycles. The number of rotatable bonds is 4. The van der Waals surface area contributed by atoms with Crippen LogP contribution in [0.2, 0.25) is 10.0 Å². The van der Waals surface area contributed by atoms with Crippen LogP contribution in [0.1, 0.15) is 18.4 Å². The summed E-state index contributed by atoms with van der Waals surface area (Å²) in [6.07, 6.45) is 2.46. The van der Waals surface area contributed by atoms with Crippen LogP contribution in [0.4, 0.5) is 5.82 Å². The standard InChI is InChI=1S/C20H18Cl2N2O/c21-16-8-6-14(12-17(16)22)13-25-18-5-3-4-15-7-9-19(23-20(15)18)24-10-1-2-11-24/h3-9,12H,1-2,10-11,13H2. The summed E-state index contributed by atoms with van der Waals surface area (Å²) in [6.45, 7) is 2.57. The molecule has 3 nitrogen and oxygen atoms in total. The lowest BCUT2D eigenvalue weighted by atomic mass is 10.2. The number of anilines is 1. The Labute approximate surface area is 157 Å². The van der Waals surface area contributed by atoms with Crippen LogP contribution in [-0.2, 0) is 6.61 Å². The Morgan fingerprint density at radius 1 is 0.960 bits per heavy atom. The second kappa shape index (κ2) is 7.11. The van der Waals surface area contributed by atoms with E-state index in [1.165, 1.54) is 12.8 Å². The minimum atomic E-state index is 0.422. The molecule has 0 unspecified atom stereocenters. The zero-order valence-electron chi connectivity index (χ0n) is 13.7. The van der Waals surface area contributed by atoms with E-state index >= 15 is 0 Å². The number of fused-ring (bicyclic) bond motifs is 1. The minimum absolute atomic E-state index is 0.422. The zero-order chi connectivity index (χ0) is 17.2. The molecule has 0 N–H and O–H groups in total. The second-order valence-corrected chi connectivity index (χ2v) is 7.04. The topological polar surface area (TPSA) is 25.4 Å². The molecular formula is C20H18Cl2N2O. The van der Waals surface area contributed by atoms with Crippen molar-refractivity contribution in [3.63, 3.8) is 0 Å². The highest BCUT2D eigenvalue weighted by molar-refractivity contribution is 6.42. The van der Waals surface area contributed by atoms with Gasteiger partial charge in [0.05, 0.1) is 10.0 Å². The molecule has 1 aliphatic rings. The molecule has 2 heterocycles. The van der Waals surface area contributed by atoms with Gasteiger partial charge in [0.15, 0.2) is 0 Å². The third-order valence-corrected chi connectivity index (χ3v) is 5.22. The quantitative estimate of drug-likeness (QED) is 0.585. The number of aromatic nitrogens is 1. The number of hydrogen-bond donors (Lipinski definition) is 0. The first kappa shape index (κ1) is 16.5. The molecule has 5 heteroatoms. The van der Waals surface area contributed by atoms with Crippen molar-refractivity contribution in [1.29, 1.82) is 0 Å². The third-order valence-electron chi connectivity index (χ3n) is 4.48. The van der Waals surface area contributed by atoms with Crippen molar-refractivity contribution in [2.75, 3.05) is 18.0 Å². The molecule has 1 saturated heterocycles. The van der Waals surface area contributed by atoms with Crippen LogP contribution in [0.3, 0.4) is 0 Å². The molecule has 0 spiro atoms. The third kappa shape index (κ3) is 3.53. The van der Waals surface area contributed by atoms with Gasteiger partial charge in [-0.25, -0.2) is 4.98 Å². The monoisotopic (exact) mass is 372 g/mol. The van der Waals surface area contributed by atoms with Crippen molar-refractivity contribution >= 4 is 39.9 Å². The summed E-state index contributed by atoms with van der Waals surface area (Å²) in [7, 11) is 0. The number of halogens is 2. The number of nitrogens with zero attached hydrogens (tertiary/aromatic N) is 2. The lowest BCUT2D eigenvalue weighted by Gasteiger charge is -2.17. The van der Waals surface area contributed by atoms with Crippen molar-refractivity contribution in [2.24, 2.45) is 0 Å². The lowest BCUT2D eigenvalue weighted by molar-refractivity contribution is 0.309. The molecule has 3 aromatic rings. The molecule has 0 atom stereocenters. The van der Waals surface area contributed by atoms with E-state index in [1.54, 1.807) is 6.07 Å². The van der Waals surface area contributed by atoms with Gasteiger partial charge in [-0.2, -0.15) is 0 Å². The van der Waals surface area contributed by atoms with E-state index in [9.17, 15) is 0 Å². The molecule has 1 fully saturated rings. The molecule has 25 heavy (non-hydrogen) atoms. The van der Waals surface area contributed by atoms with Gasteiger partial charge in [0, 0.05) is 18.5 Å². The van der Waals surface area contributed by atoms with Gasteiger partial charge in [-0.15, -0.1) is 0 Å². The minimum Gasteiger partial charge on any atom is -0.487 e. The van der Waals surface area contributed by atoms with Gasteiger partial charge < -0.3 is 9.64 Å². The predicted molar refractivity (Wildman–Crippen MR) is 104 cm³/mol. The first-order valence-corrected chi connectivity index (χ1v) is 9.18. The molecule has 0 radical (unpaired) electrons. The Kier molecular flexibility index (Phi) is 4.69. The van der Waals surface area contributed by atoms with Crippen molar-refractivity contribution in [1.82, 2.24) is 4.98 Å². The van der Waals surface area contributed by atoms with Crippen molar-refractivity contribution < 1.29 is 4.74 Å². The molecule has 4 rings (SSSR count). The first-order valence-electron chi connectivity index (χ1n) is 8.42. The fourth-order valence-corrected chi connectivity index (χ4v) is 3.46. The van der Waals surface area contributed by atoms with Crippen LogP contribution in [0.15, 0.2) is 48.5 Å². The Hall–Kier alpha value is -1.97. The second-order valence-electron chi connectivity index (χ2n) is 6.23. The van der Waals surface area contributed by atoms with Crippen LogP contribution in [0.25, 0.3) is 10.9 Å². The van der Waals surface area contributed by atoms with E-state index in [4.69, 9.17) is 32.9 Å². The zero-order valence-corrected chi connectivity index (χ0v) is 15.2. The smallest absolute Gasteiger partial charge is 0.146 e. The highest BCUT2D eigenvalue weighted by atomic mass is 35.5. The number of para-hydroxylation sites is 1. The van der Waals surface area contributed by atoms with E-state index in [-0.39, 0.29) is 0 Å². The van der Waals surface area contributed by atoms with E-state index in [1.807, 2.05) is 24.3 Å². The Morgan fingerprint density at radius 2 is 1.80 bits per heavy atom. The number of ether oxygens (including phenoxy) is 1. The van der Waals surface area contributed by atoms with Crippen LogP contribution in [0, 0.1) is 0 Å². The highest BCUT2D eigenvalue weighted by Crippen LogP contribution is 2.29. The molecule has 1 aromatic heterocycles. The van der Waals surface area contributed by atoms with E-state index in [0.29, 0.717) is 16.7 Å². The molecule has 0 bridgehead atoms. The van der Waals surface area contributed by atoms with E-state index in [0.717, 1.165) is 41.1 Å².